The van der Waals surface area contributed by atoms with E-state index in [1.54, 1.807) is 16.9 Å². The Morgan fingerprint density at radius 2 is 1.90 bits per heavy atom. The highest BCUT2D eigenvalue weighted by molar-refractivity contribution is 7.12. The Bertz CT molecular complexity index is 581. The van der Waals surface area contributed by atoms with E-state index in [4.69, 9.17) is 0 Å². The van der Waals surface area contributed by atoms with Gasteiger partial charge in [0.15, 0.2) is 6.61 Å². The van der Waals surface area contributed by atoms with Crippen LogP contribution in [-0.4, -0.2) is 18.7 Å². The minimum atomic E-state index is -4.48. The van der Waals surface area contributed by atoms with E-state index in [0.29, 0.717) is 10.4 Å². The molecule has 0 aliphatic heterocycles. The predicted octanol–water partition coefficient (Wildman–Crippen LogP) is 3.64. The van der Waals surface area contributed by atoms with Crippen LogP contribution in [0, 0.1) is 0 Å². The van der Waals surface area contributed by atoms with E-state index in [2.05, 4.69) is 4.84 Å². The minimum absolute atomic E-state index is 0.304. The van der Waals surface area contributed by atoms with E-state index in [9.17, 15) is 18.0 Å². The Morgan fingerprint density at radius 1 is 1.20 bits per heavy atom. The fourth-order valence-electron chi connectivity index (χ4n) is 1.56. The number of halogens is 3. The summed E-state index contributed by atoms with van der Waals surface area (Å²) in [6, 6.07) is 10.8. The zero-order chi connectivity index (χ0) is 14.6. The van der Waals surface area contributed by atoms with Crippen LogP contribution in [0.5, 0.6) is 0 Å². The number of alkyl halides is 3. The van der Waals surface area contributed by atoms with Crippen molar-refractivity contribution in [3.8, 4) is 11.1 Å². The molecule has 0 saturated carbocycles. The van der Waals surface area contributed by atoms with Crippen LogP contribution in [0.25, 0.3) is 11.1 Å². The highest BCUT2D eigenvalue weighted by atomic mass is 32.1. The van der Waals surface area contributed by atoms with Gasteiger partial charge in [-0.15, -0.1) is 11.3 Å². The number of hydrogen-bond acceptors (Lipinski definition) is 3. The van der Waals surface area contributed by atoms with E-state index in [1.165, 1.54) is 0 Å². The summed E-state index contributed by atoms with van der Waals surface area (Å²) in [7, 11) is 0. The SMILES string of the molecule is O=C(NOCC(F)(F)F)c1sccc1-c1ccccc1. The molecule has 2 rings (SSSR count). The molecule has 0 unspecified atom stereocenters. The molecule has 0 aliphatic rings. The number of carbonyl (C=O) groups is 1. The van der Waals surface area contributed by atoms with Crippen molar-refractivity contribution in [1.29, 1.82) is 0 Å². The highest BCUT2D eigenvalue weighted by Gasteiger charge is 2.28. The van der Waals surface area contributed by atoms with Gasteiger partial charge in [0.05, 0.1) is 0 Å². The number of rotatable bonds is 4. The molecule has 0 saturated heterocycles. The van der Waals surface area contributed by atoms with Crippen LogP contribution in [0.15, 0.2) is 41.8 Å². The Kier molecular flexibility index (Phi) is 4.41. The van der Waals surface area contributed by atoms with Crippen molar-refractivity contribution in [2.75, 3.05) is 6.61 Å². The zero-order valence-electron chi connectivity index (χ0n) is 10.1. The maximum Gasteiger partial charge on any atom is 0.414 e. The number of amides is 1. The zero-order valence-corrected chi connectivity index (χ0v) is 10.9. The number of nitrogens with one attached hydrogen (secondary N) is 1. The lowest BCUT2D eigenvalue weighted by molar-refractivity contribution is -0.184. The van der Waals surface area contributed by atoms with Crippen LogP contribution < -0.4 is 5.48 Å². The van der Waals surface area contributed by atoms with Crippen molar-refractivity contribution in [1.82, 2.24) is 5.48 Å². The van der Waals surface area contributed by atoms with Crippen molar-refractivity contribution >= 4 is 17.2 Å². The van der Waals surface area contributed by atoms with Crippen LogP contribution >= 0.6 is 11.3 Å². The van der Waals surface area contributed by atoms with Crippen molar-refractivity contribution < 1.29 is 22.8 Å². The third-order valence-electron chi connectivity index (χ3n) is 2.36. The summed E-state index contributed by atoms with van der Waals surface area (Å²) in [6.45, 7) is -1.52. The third kappa shape index (κ3) is 3.82. The monoisotopic (exact) mass is 301 g/mol. The lowest BCUT2D eigenvalue weighted by atomic mass is 10.1. The first-order valence-corrected chi connectivity index (χ1v) is 6.47. The smallest absolute Gasteiger partial charge is 0.266 e. The van der Waals surface area contributed by atoms with Gasteiger partial charge in [0.2, 0.25) is 0 Å². The molecule has 1 N–H and O–H groups in total. The second-order valence-electron chi connectivity index (χ2n) is 3.86. The Morgan fingerprint density at radius 3 is 2.55 bits per heavy atom. The molecule has 20 heavy (non-hydrogen) atoms. The number of hydrogen-bond donors (Lipinski definition) is 1. The van der Waals surface area contributed by atoms with E-state index in [-0.39, 0.29) is 0 Å². The van der Waals surface area contributed by atoms with Crippen molar-refractivity contribution in [3.05, 3.63) is 46.7 Å². The number of hydroxylamine groups is 1. The van der Waals surface area contributed by atoms with E-state index < -0.39 is 18.7 Å². The normalized spacial score (nSPS) is 11.3. The Balaban J connectivity index is 2.07. The molecule has 1 aromatic carbocycles. The summed E-state index contributed by atoms with van der Waals surface area (Å²) in [6.07, 6.45) is -4.48. The van der Waals surface area contributed by atoms with Gasteiger partial charge in [0, 0.05) is 5.56 Å². The molecule has 0 spiro atoms. The van der Waals surface area contributed by atoms with Crippen LogP contribution in [0.3, 0.4) is 0 Å². The van der Waals surface area contributed by atoms with Gasteiger partial charge in [-0.05, 0) is 17.0 Å². The van der Waals surface area contributed by atoms with Gasteiger partial charge in [0.1, 0.15) is 4.88 Å². The summed E-state index contributed by atoms with van der Waals surface area (Å²) < 4.78 is 35.8. The summed E-state index contributed by atoms with van der Waals surface area (Å²) in [5.41, 5.74) is 3.27. The summed E-state index contributed by atoms with van der Waals surface area (Å²) in [5, 5.41) is 1.70. The fourth-order valence-corrected chi connectivity index (χ4v) is 2.36. The molecule has 1 heterocycles. The topological polar surface area (TPSA) is 38.3 Å². The van der Waals surface area contributed by atoms with Crippen molar-refractivity contribution in [2.45, 2.75) is 6.18 Å². The maximum absolute atomic E-state index is 11.9. The van der Waals surface area contributed by atoms with E-state index in [0.717, 1.165) is 16.9 Å². The summed E-state index contributed by atoms with van der Waals surface area (Å²) in [4.78, 5) is 16.3. The molecule has 0 bridgehead atoms. The molecule has 0 fully saturated rings. The van der Waals surface area contributed by atoms with E-state index in [1.807, 2.05) is 30.3 Å². The van der Waals surface area contributed by atoms with Crippen molar-refractivity contribution in [2.24, 2.45) is 0 Å². The summed E-state index contributed by atoms with van der Waals surface area (Å²) >= 11 is 1.14. The van der Waals surface area contributed by atoms with Gasteiger partial charge in [-0.1, -0.05) is 30.3 Å². The van der Waals surface area contributed by atoms with Gasteiger partial charge < -0.3 is 0 Å². The molecule has 1 aromatic heterocycles. The van der Waals surface area contributed by atoms with Gasteiger partial charge in [-0.2, -0.15) is 13.2 Å². The van der Waals surface area contributed by atoms with Crippen LogP contribution in [0.4, 0.5) is 13.2 Å². The predicted molar refractivity (Wildman–Crippen MR) is 69.2 cm³/mol. The second-order valence-corrected chi connectivity index (χ2v) is 4.78. The molecule has 0 radical (unpaired) electrons. The molecular formula is C13H10F3NO2S. The molecule has 0 aliphatic carbocycles. The quantitative estimate of drug-likeness (QED) is 0.876. The lowest BCUT2D eigenvalue weighted by Crippen LogP contribution is -2.29. The Hall–Kier alpha value is -1.86. The van der Waals surface area contributed by atoms with Gasteiger partial charge in [-0.3, -0.25) is 9.63 Å². The first kappa shape index (κ1) is 14.5. The largest absolute Gasteiger partial charge is 0.414 e. The average Bonchev–Trinajstić information content (AvgIpc) is 2.87. The second kappa shape index (κ2) is 6.06. The number of benzene rings is 1. The third-order valence-corrected chi connectivity index (χ3v) is 3.27. The van der Waals surface area contributed by atoms with Crippen molar-refractivity contribution in [3.63, 3.8) is 0 Å². The molecule has 3 nitrogen and oxygen atoms in total. The maximum atomic E-state index is 11.9. The summed E-state index contributed by atoms with van der Waals surface area (Å²) in [5.74, 6) is -0.692. The average molecular weight is 301 g/mol. The van der Waals surface area contributed by atoms with Crippen LogP contribution in [0.2, 0.25) is 0 Å². The molecule has 1 amide bonds. The molecule has 2 aromatic rings. The molecule has 106 valence electrons. The van der Waals surface area contributed by atoms with Gasteiger partial charge in [-0.25, -0.2) is 5.48 Å². The van der Waals surface area contributed by atoms with Crippen LogP contribution in [0.1, 0.15) is 9.67 Å². The van der Waals surface area contributed by atoms with Gasteiger partial charge >= 0.3 is 6.18 Å². The van der Waals surface area contributed by atoms with E-state index >= 15 is 0 Å². The fraction of sp³-hybridized carbons (Fsp3) is 0.154. The molecule has 7 heteroatoms. The minimum Gasteiger partial charge on any atom is -0.266 e. The number of thiophene rings is 1. The Labute approximate surface area is 116 Å². The lowest BCUT2D eigenvalue weighted by Gasteiger charge is -2.08. The van der Waals surface area contributed by atoms with Gasteiger partial charge in [0.25, 0.3) is 5.91 Å². The van der Waals surface area contributed by atoms with Crippen LogP contribution in [-0.2, 0) is 4.84 Å². The highest BCUT2D eigenvalue weighted by Crippen LogP contribution is 2.28. The standard InChI is InChI=1S/C13H10F3NO2S/c14-13(15,16)8-19-17-12(18)11-10(6-7-20-11)9-4-2-1-3-5-9/h1-7H,8H2,(H,17,18). The first-order valence-electron chi connectivity index (χ1n) is 5.59. The first-order chi connectivity index (χ1) is 9.47. The molecular weight excluding hydrogens is 291 g/mol. The molecule has 0 atom stereocenters. The number of carbonyl (C=O) groups excluding carboxylic acids is 1.